The fourth-order valence-corrected chi connectivity index (χ4v) is 3.54. The molecule has 0 spiro atoms. The minimum Gasteiger partial charge on any atom is -0.477 e. The van der Waals surface area contributed by atoms with Crippen LogP contribution in [0.15, 0.2) is 41.8 Å². The maximum absolute atomic E-state index is 10.8. The predicted octanol–water partition coefficient (Wildman–Crippen LogP) is 5.25. The summed E-state index contributed by atoms with van der Waals surface area (Å²) in [4.78, 5) is 12.1. The minimum absolute atomic E-state index is 0. The molecule has 0 atom stereocenters. The van der Waals surface area contributed by atoms with E-state index in [-0.39, 0.29) is 12.4 Å². The molecule has 0 fully saturated rings. The molecule has 1 aromatic carbocycles. The highest BCUT2D eigenvalue weighted by molar-refractivity contribution is 7.17. The molecule has 20 heavy (non-hydrogen) atoms. The standard InChI is InChI=1S/C15H10O2S2.ClH/c16-15(17)14-8-7-11(19-14)6-5-10-9-18-13-4-2-1-3-12(10)13;/h1-9H,(H,16,17);1H. The maximum Gasteiger partial charge on any atom is 0.345 e. The largest absolute Gasteiger partial charge is 0.477 e. The van der Waals surface area contributed by atoms with E-state index in [4.69, 9.17) is 5.11 Å². The van der Waals surface area contributed by atoms with Crippen LogP contribution in [0, 0.1) is 0 Å². The van der Waals surface area contributed by atoms with Crippen molar-refractivity contribution in [1.82, 2.24) is 0 Å². The Morgan fingerprint density at radius 2 is 1.90 bits per heavy atom. The molecule has 0 aliphatic carbocycles. The molecule has 2 aromatic heterocycles. The van der Waals surface area contributed by atoms with E-state index < -0.39 is 5.97 Å². The molecule has 5 heteroatoms. The Hall–Kier alpha value is -1.62. The molecule has 2 heterocycles. The number of carboxylic acids is 1. The van der Waals surface area contributed by atoms with Gasteiger partial charge in [0, 0.05) is 9.58 Å². The Balaban J connectivity index is 0.00000147. The van der Waals surface area contributed by atoms with Gasteiger partial charge in [0.1, 0.15) is 4.88 Å². The highest BCUT2D eigenvalue weighted by Gasteiger charge is 2.05. The zero-order chi connectivity index (χ0) is 13.2. The summed E-state index contributed by atoms with van der Waals surface area (Å²) in [6.07, 6.45) is 4.00. The van der Waals surface area contributed by atoms with E-state index in [1.54, 1.807) is 17.4 Å². The topological polar surface area (TPSA) is 37.3 Å². The van der Waals surface area contributed by atoms with Crippen molar-refractivity contribution in [2.75, 3.05) is 0 Å². The second kappa shape index (κ2) is 6.22. The smallest absolute Gasteiger partial charge is 0.345 e. The van der Waals surface area contributed by atoms with Crippen LogP contribution >= 0.6 is 35.1 Å². The van der Waals surface area contributed by atoms with Crippen molar-refractivity contribution in [3.05, 3.63) is 57.1 Å². The fraction of sp³-hybridized carbons (Fsp3) is 0. The van der Waals surface area contributed by atoms with Gasteiger partial charge in [0.2, 0.25) is 0 Å². The Bertz CT molecular complexity index is 771. The van der Waals surface area contributed by atoms with Crippen molar-refractivity contribution in [3.8, 4) is 0 Å². The quantitative estimate of drug-likeness (QED) is 0.714. The third kappa shape index (κ3) is 2.93. The van der Waals surface area contributed by atoms with Gasteiger partial charge in [0.05, 0.1) is 0 Å². The summed E-state index contributed by atoms with van der Waals surface area (Å²) in [6.45, 7) is 0. The summed E-state index contributed by atoms with van der Waals surface area (Å²) in [5.41, 5.74) is 1.17. The number of halogens is 1. The molecule has 0 aliphatic rings. The van der Waals surface area contributed by atoms with Gasteiger partial charge in [-0.15, -0.1) is 35.1 Å². The monoisotopic (exact) mass is 322 g/mol. The van der Waals surface area contributed by atoms with Crippen molar-refractivity contribution in [1.29, 1.82) is 0 Å². The van der Waals surface area contributed by atoms with Gasteiger partial charge in [0.15, 0.2) is 0 Å². The van der Waals surface area contributed by atoms with Crippen LogP contribution in [0.1, 0.15) is 20.1 Å². The molecule has 0 saturated carbocycles. The molecule has 0 saturated heterocycles. The summed E-state index contributed by atoms with van der Waals surface area (Å²) >= 11 is 3.00. The van der Waals surface area contributed by atoms with Gasteiger partial charge in [-0.2, -0.15) is 0 Å². The lowest BCUT2D eigenvalue weighted by molar-refractivity contribution is 0.0702. The molecule has 3 aromatic rings. The Labute approximate surface area is 130 Å². The van der Waals surface area contributed by atoms with Crippen LogP contribution < -0.4 is 0 Å². The summed E-state index contributed by atoms with van der Waals surface area (Å²) in [5, 5.41) is 12.2. The van der Waals surface area contributed by atoms with Gasteiger partial charge in [-0.05, 0) is 40.6 Å². The van der Waals surface area contributed by atoms with Gasteiger partial charge >= 0.3 is 5.97 Å². The number of aromatic carboxylic acids is 1. The molecular formula is C15H11ClO2S2. The average Bonchev–Trinajstić information content (AvgIpc) is 3.03. The van der Waals surface area contributed by atoms with Crippen molar-refractivity contribution in [2.45, 2.75) is 0 Å². The molecule has 3 rings (SSSR count). The van der Waals surface area contributed by atoms with E-state index >= 15 is 0 Å². The van der Waals surface area contributed by atoms with Crippen LogP contribution in [0.2, 0.25) is 0 Å². The van der Waals surface area contributed by atoms with Crippen molar-refractivity contribution >= 4 is 63.3 Å². The first-order valence-electron chi connectivity index (χ1n) is 5.71. The number of fused-ring (bicyclic) bond motifs is 1. The van der Waals surface area contributed by atoms with Crippen LogP contribution in [-0.4, -0.2) is 11.1 Å². The first kappa shape index (κ1) is 14.8. The Morgan fingerprint density at radius 1 is 1.10 bits per heavy atom. The number of benzene rings is 1. The fourth-order valence-electron chi connectivity index (χ4n) is 1.86. The SMILES string of the molecule is Cl.O=C(O)c1ccc(C=Cc2csc3ccccc23)s1. The highest BCUT2D eigenvalue weighted by atomic mass is 35.5. The summed E-state index contributed by atoms with van der Waals surface area (Å²) in [6, 6.07) is 11.7. The van der Waals surface area contributed by atoms with Crippen LogP contribution in [0.3, 0.4) is 0 Å². The van der Waals surface area contributed by atoms with E-state index in [9.17, 15) is 4.79 Å². The third-order valence-electron chi connectivity index (χ3n) is 2.78. The van der Waals surface area contributed by atoms with E-state index in [0.29, 0.717) is 4.88 Å². The van der Waals surface area contributed by atoms with Gasteiger partial charge in [-0.1, -0.05) is 24.3 Å². The molecule has 0 aliphatic heterocycles. The number of carboxylic acid groups (broad SMARTS) is 1. The zero-order valence-electron chi connectivity index (χ0n) is 10.3. The highest BCUT2D eigenvalue weighted by Crippen LogP contribution is 2.28. The summed E-state index contributed by atoms with van der Waals surface area (Å²) in [5.74, 6) is -0.870. The molecule has 0 amide bonds. The van der Waals surface area contributed by atoms with E-state index in [1.807, 2.05) is 30.4 Å². The van der Waals surface area contributed by atoms with Gasteiger partial charge in [-0.25, -0.2) is 4.79 Å². The lowest BCUT2D eigenvalue weighted by Gasteiger charge is -1.90. The first-order valence-corrected chi connectivity index (χ1v) is 7.41. The molecule has 2 nitrogen and oxygen atoms in total. The lowest BCUT2D eigenvalue weighted by atomic mass is 10.1. The van der Waals surface area contributed by atoms with E-state index in [2.05, 4.69) is 17.5 Å². The van der Waals surface area contributed by atoms with Gasteiger partial charge in [-0.3, -0.25) is 0 Å². The predicted molar refractivity (Wildman–Crippen MR) is 89.3 cm³/mol. The second-order valence-electron chi connectivity index (χ2n) is 4.03. The molecule has 1 N–H and O–H groups in total. The van der Waals surface area contributed by atoms with E-state index in [0.717, 1.165) is 4.88 Å². The van der Waals surface area contributed by atoms with Crippen molar-refractivity contribution < 1.29 is 9.90 Å². The van der Waals surface area contributed by atoms with E-state index in [1.165, 1.54) is 27.0 Å². The normalized spacial score (nSPS) is 10.8. The summed E-state index contributed by atoms with van der Waals surface area (Å²) < 4.78 is 1.26. The van der Waals surface area contributed by atoms with Crippen molar-refractivity contribution in [2.24, 2.45) is 0 Å². The number of rotatable bonds is 3. The van der Waals surface area contributed by atoms with Gasteiger partial charge in [0.25, 0.3) is 0 Å². The zero-order valence-corrected chi connectivity index (χ0v) is 12.7. The molecule has 0 unspecified atom stereocenters. The van der Waals surface area contributed by atoms with Crippen LogP contribution in [0.25, 0.3) is 22.2 Å². The van der Waals surface area contributed by atoms with Crippen LogP contribution in [-0.2, 0) is 0 Å². The Morgan fingerprint density at radius 3 is 2.65 bits per heavy atom. The molecular weight excluding hydrogens is 312 g/mol. The van der Waals surface area contributed by atoms with Crippen molar-refractivity contribution in [3.63, 3.8) is 0 Å². The number of hydrogen-bond acceptors (Lipinski definition) is 3. The minimum atomic E-state index is -0.870. The summed E-state index contributed by atoms with van der Waals surface area (Å²) in [7, 11) is 0. The number of carbonyl (C=O) groups is 1. The lowest BCUT2D eigenvalue weighted by Crippen LogP contribution is -1.89. The first-order chi connectivity index (χ1) is 9.24. The molecule has 0 bridgehead atoms. The number of hydrogen-bond donors (Lipinski definition) is 1. The van der Waals surface area contributed by atoms with Crippen LogP contribution in [0.5, 0.6) is 0 Å². The molecule has 0 radical (unpaired) electrons. The third-order valence-corrected chi connectivity index (χ3v) is 4.80. The second-order valence-corrected chi connectivity index (χ2v) is 6.05. The maximum atomic E-state index is 10.8. The average molecular weight is 323 g/mol. The Kier molecular flexibility index (Phi) is 4.60. The number of thiophene rings is 2. The van der Waals surface area contributed by atoms with Crippen LogP contribution in [0.4, 0.5) is 0 Å². The molecule has 102 valence electrons. The van der Waals surface area contributed by atoms with Gasteiger partial charge < -0.3 is 5.11 Å².